The van der Waals surface area contributed by atoms with Crippen LogP contribution in [0.15, 0.2) is 35.3 Å². The summed E-state index contributed by atoms with van der Waals surface area (Å²) in [7, 11) is 0. The maximum Gasteiger partial charge on any atom is 0.418 e. The van der Waals surface area contributed by atoms with Crippen molar-refractivity contribution in [3.63, 3.8) is 0 Å². The van der Waals surface area contributed by atoms with Crippen molar-refractivity contribution in [3.05, 3.63) is 58.4 Å². The molecule has 0 amide bonds. The molecule has 2 aliphatic heterocycles. The van der Waals surface area contributed by atoms with Crippen LogP contribution in [0.2, 0.25) is 0 Å². The maximum atomic E-state index is 14.2. The highest BCUT2D eigenvalue weighted by Gasteiger charge is 2.56. The first kappa shape index (κ1) is 22.6. The molecular formula is C24H26F4N2O2. The van der Waals surface area contributed by atoms with Gasteiger partial charge < -0.3 is 15.2 Å². The Bertz CT molecular complexity index is 1050. The normalized spacial score (nSPS) is 17.3. The predicted molar refractivity (Wildman–Crippen MR) is 115 cm³/mol. The molecular weight excluding hydrogens is 424 g/mol. The molecule has 2 heterocycles. The summed E-state index contributed by atoms with van der Waals surface area (Å²) >= 11 is 0. The summed E-state index contributed by atoms with van der Waals surface area (Å²) in [6.45, 7) is 3.25. The minimum absolute atomic E-state index is 0.334. The molecule has 0 saturated heterocycles. The number of rotatable bonds is 6. The van der Waals surface area contributed by atoms with Crippen LogP contribution in [0, 0.1) is 5.82 Å². The fourth-order valence-corrected chi connectivity index (χ4v) is 4.61. The summed E-state index contributed by atoms with van der Waals surface area (Å²) in [5.74, 6) is -0.103. The van der Waals surface area contributed by atoms with E-state index in [-0.39, 0.29) is 0 Å². The largest absolute Gasteiger partial charge is 0.493 e. The van der Waals surface area contributed by atoms with Gasteiger partial charge in [0.1, 0.15) is 11.6 Å². The van der Waals surface area contributed by atoms with Crippen LogP contribution in [-0.4, -0.2) is 36.3 Å². The number of benzene rings is 2. The first-order valence-electron chi connectivity index (χ1n) is 10.6. The van der Waals surface area contributed by atoms with Crippen LogP contribution < -0.4 is 10.1 Å². The van der Waals surface area contributed by atoms with Gasteiger partial charge in [0, 0.05) is 35.9 Å². The highest BCUT2D eigenvalue weighted by atomic mass is 19.4. The summed E-state index contributed by atoms with van der Waals surface area (Å²) in [5.41, 5.74) is -0.904. The Balaban J connectivity index is 1.62. The van der Waals surface area contributed by atoms with Gasteiger partial charge in [-0.15, -0.1) is 0 Å². The van der Waals surface area contributed by atoms with Gasteiger partial charge in [-0.2, -0.15) is 13.2 Å². The van der Waals surface area contributed by atoms with Gasteiger partial charge in [0.15, 0.2) is 5.60 Å². The summed E-state index contributed by atoms with van der Waals surface area (Å²) in [4.78, 5) is 4.20. The van der Waals surface area contributed by atoms with Crippen molar-refractivity contribution >= 4 is 11.9 Å². The van der Waals surface area contributed by atoms with Crippen molar-refractivity contribution in [1.29, 1.82) is 0 Å². The van der Waals surface area contributed by atoms with E-state index >= 15 is 0 Å². The Labute approximate surface area is 184 Å². The van der Waals surface area contributed by atoms with E-state index in [9.17, 15) is 22.7 Å². The Kier molecular flexibility index (Phi) is 5.69. The number of aliphatic hydroxyl groups is 1. The molecule has 0 spiro atoms. The van der Waals surface area contributed by atoms with Gasteiger partial charge in [-0.3, -0.25) is 4.99 Å². The predicted octanol–water partition coefficient (Wildman–Crippen LogP) is 4.96. The second-order valence-electron chi connectivity index (χ2n) is 9.15. The number of hydrogen-bond acceptors (Lipinski definition) is 4. The number of nitrogens with zero attached hydrogens (tertiary/aromatic N) is 1. The van der Waals surface area contributed by atoms with Crippen LogP contribution >= 0.6 is 0 Å². The van der Waals surface area contributed by atoms with Crippen molar-refractivity contribution in [2.75, 3.05) is 18.5 Å². The van der Waals surface area contributed by atoms with E-state index in [1.54, 1.807) is 32.2 Å². The maximum absolute atomic E-state index is 14.2. The molecule has 4 rings (SSSR count). The number of nitrogens with one attached hydrogen (secondary N) is 1. The van der Waals surface area contributed by atoms with Crippen molar-refractivity contribution < 1.29 is 27.4 Å². The first-order chi connectivity index (χ1) is 15.0. The lowest BCUT2D eigenvalue weighted by molar-refractivity contribution is -0.260. The number of alkyl halides is 3. The molecule has 2 aromatic rings. The molecule has 0 aliphatic carbocycles. The van der Waals surface area contributed by atoms with Crippen LogP contribution in [0.1, 0.15) is 42.5 Å². The third kappa shape index (κ3) is 4.20. The lowest BCUT2D eigenvalue weighted by Gasteiger charge is -2.38. The quantitative estimate of drug-likeness (QED) is 0.612. The van der Waals surface area contributed by atoms with E-state index in [0.29, 0.717) is 48.6 Å². The molecule has 2 N–H and O–H groups in total. The summed E-state index contributed by atoms with van der Waals surface area (Å²) < 4.78 is 62.2. The molecule has 1 atom stereocenters. The van der Waals surface area contributed by atoms with Gasteiger partial charge in [0.2, 0.25) is 0 Å². The standard InChI is InChI=1S/C24H26F4N2O2/c1-22(2,19-11-17(25)10-15-7-9-32-21(15)19)13-23(31,24(26,27)28)14-30-20-5-3-4-16-12-29-8-6-18(16)20/h3-5,8,10-11,30-31H,6-7,9,12-14H2,1-2H3. The molecule has 0 aromatic heterocycles. The zero-order chi connectivity index (χ0) is 23.1. The van der Waals surface area contributed by atoms with E-state index in [0.717, 1.165) is 11.1 Å². The average molecular weight is 450 g/mol. The van der Waals surface area contributed by atoms with Crippen molar-refractivity contribution in [2.45, 2.75) is 56.8 Å². The van der Waals surface area contributed by atoms with Crippen LogP contribution in [0.4, 0.5) is 23.2 Å². The molecule has 4 nitrogen and oxygen atoms in total. The van der Waals surface area contributed by atoms with E-state index in [1.165, 1.54) is 12.1 Å². The van der Waals surface area contributed by atoms with E-state index in [1.807, 2.05) is 6.07 Å². The van der Waals surface area contributed by atoms with Crippen LogP contribution in [0.5, 0.6) is 5.75 Å². The van der Waals surface area contributed by atoms with Gasteiger partial charge in [0.05, 0.1) is 19.7 Å². The van der Waals surface area contributed by atoms with E-state index in [2.05, 4.69) is 10.3 Å². The van der Waals surface area contributed by atoms with Gasteiger partial charge in [-0.1, -0.05) is 26.0 Å². The average Bonchev–Trinajstić information content (AvgIpc) is 3.18. The van der Waals surface area contributed by atoms with E-state index < -0.39 is 36.0 Å². The summed E-state index contributed by atoms with van der Waals surface area (Å²) in [6.07, 6.45) is -2.81. The molecule has 172 valence electrons. The lowest BCUT2D eigenvalue weighted by atomic mass is 9.74. The lowest BCUT2D eigenvalue weighted by Crippen LogP contribution is -2.53. The van der Waals surface area contributed by atoms with Crippen LogP contribution in [0.25, 0.3) is 0 Å². The number of halogens is 4. The molecule has 2 aliphatic rings. The number of aliphatic imine (C=N–C) groups is 1. The molecule has 8 heteroatoms. The Morgan fingerprint density at radius 3 is 2.69 bits per heavy atom. The number of anilines is 1. The zero-order valence-corrected chi connectivity index (χ0v) is 18.0. The van der Waals surface area contributed by atoms with Gasteiger partial charge in [-0.05, 0) is 41.2 Å². The Morgan fingerprint density at radius 1 is 1.16 bits per heavy atom. The molecule has 1 unspecified atom stereocenters. The van der Waals surface area contributed by atoms with Gasteiger partial charge >= 0.3 is 6.18 Å². The monoisotopic (exact) mass is 450 g/mol. The molecule has 32 heavy (non-hydrogen) atoms. The highest BCUT2D eigenvalue weighted by Crippen LogP contribution is 2.46. The minimum Gasteiger partial charge on any atom is -0.493 e. The fraction of sp³-hybridized carbons (Fsp3) is 0.458. The third-order valence-corrected chi connectivity index (χ3v) is 6.27. The number of hydrogen-bond donors (Lipinski definition) is 2. The van der Waals surface area contributed by atoms with Crippen molar-refractivity contribution in [1.82, 2.24) is 0 Å². The number of fused-ring (bicyclic) bond motifs is 2. The molecule has 0 saturated carbocycles. The summed E-state index contributed by atoms with van der Waals surface area (Å²) in [6, 6.07) is 7.91. The first-order valence-corrected chi connectivity index (χ1v) is 10.6. The molecule has 2 aromatic carbocycles. The third-order valence-electron chi connectivity index (χ3n) is 6.27. The Morgan fingerprint density at radius 2 is 1.94 bits per heavy atom. The number of ether oxygens (including phenoxy) is 1. The van der Waals surface area contributed by atoms with E-state index in [4.69, 9.17) is 4.74 Å². The van der Waals surface area contributed by atoms with Crippen LogP contribution in [-0.2, 0) is 24.8 Å². The van der Waals surface area contributed by atoms with Crippen LogP contribution in [0.3, 0.4) is 0 Å². The zero-order valence-electron chi connectivity index (χ0n) is 18.0. The minimum atomic E-state index is -4.90. The molecule has 0 radical (unpaired) electrons. The fourth-order valence-electron chi connectivity index (χ4n) is 4.61. The Hall–Kier alpha value is -2.61. The topological polar surface area (TPSA) is 53.8 Å². The van der Waals surface area contributed by atoms with Gasteiger partial charge in [0.25, 0.3) is 0 Å². The van der Waals surface area contributed by atoms with Gasteiger partial charge in [-0.25, -0.2) is 4.39 Å². The molecule has 0 fully saturated rings. The smallest absolute Gasteiger partial charge is 0.418 e. The van der Waals surface area contributed by atoms with Crippen molar-refractivity contribution in [2.24, 2.45) is 4.99 Å². The van der Waals surface area contributed by atoms with Crippen molar-refractivity contribution in [3.8, 4) is 5.75 Å². The second-order valence-corrected chi connectivity index (χ2v) is 9.15. The SMILES string of the molecule is CC(C)(CC(O)(CNc1cccc2c1CC=NC2)C(F)(F)F)c1cc(F)cc2c1OCC2. The highest BCUT2D eigenvalue weighted by molar-refractivity contribution is 5.70. The second kappa shape index (κ2) is 8.06. The summed E-state index contributed by atoms with van der Waals surface area (Å²) in [5, 5.41) is 13.7. The molecule has 0 bridgehead atoms.